The zero-order valence-electron chi connectivity index (χ0n) is 14.2. The van der Waals surface area contributed by atoms with E-state index in [-0.39, 0.29) is 25.6 Å². The van der Waals surface area contributed by atoms with Crippen LogP contribution in [0, 0.1) is 0 Å². The highest BCUT2D eigenvalue weighted by Gasteiger charge is 2.22. The van der Waals surface area contributed by atoms with Crippen molar-refractivity contribution in [2.75, 3.05) is 19.8 Å². The first kappa shape index (κ1) is 22.2. The van der Waals surface area contributed by atoms with Crippen LogP contribution >= 0.6 is 12.4 Å². The maximum absolute atomic E-state index is 9.18. The van der Waals surface area contributed by atoms with Gasteiger partial charge in [0.05, 0.1) is 25.4 Å². The van der Waals surface area contributed by atoms with E-state index < -0.39 is 5.54 Å². The largest absolute Gasteiger partial charge is 0.494 e. The number of aryl methyl sites for hydroxylation is 1. The van der Waals surface area contributed by atoms with Crippen LogP contribution in [0.25, 0.3) is 0 Å². The second-order valence-electron chi connectivity index (χ2n) is 6.09. The lowest BCUT2D eigenvalue weighted by atomic mass is 9.94. The van der Waals surface area contributed by atoms with Crippen molar-refractivity contribution in [1.29, 1.82) is 0 Å². The molecule has 0 heterocycles. The number of aliphatic hydroxyl groups excluding tert-OH is 2. The van der Waals surface area contributed by atoms with E-state index in [1.165, 1.54) is 25.7 Å². The molecule has 0 aliphatic rings. The summed E-state index contributed by atoms with van der Waals surface area (Å²) in [5, 5.41) is 18.4. The molecular formula is C18H32ClNO3. The molecule has 0 unspecified atom stereocenters. The van der Waals surface area contributed by atoms with E-state index in [1.807, 2.05) is 24.3 Å². The van der Waals surface area contributed by atoms with Crippen molar-refractivity contribution < 1.29 is 14.9 Å². The van der Waals surface area contributed by atoms with E-state index in [1.54, 1.807) is 0 Å². The van der Waals surface area contributed by atoms with Crippen LogP contribution in [0.15, 0.2) is 24.3 Å². The first-order valence-electron chi connectivity index (χ1n) is 8.36. The standard InChI is InChI=1S/C18H31NO3.ClH/c1-2-3-4-5-6-13-22-17-9-7-16(8-10-17)11-12-18(19,14-20)15-21;/h7-10,20-21H,2-6,11-15,19H2,1H3;1H. The fourth-order valence-corrected chi connectivity index (χ4v) is 2.25. The third-order valence-corrected chi connectivity index (χ3v) is 3.98. The molecule has 23 heavy (non-hydrogen) atoms. The molecule has 0 amide bonds. The third kappa shape index (κ3) is 9.16. The molecule has 4 nitrogen and oxygen atoms in total. The molecule has 0 aliphatic carbocycles. The molecular weight excluding hydrogens is 314 g/mol. The fraction of sp³-hybridized carbons (Fsp3) is 0.667. The van der Waals surface area contributed by atoms with Gasteiger partial charge in [-0.25, -0.2) is 0 Å². The van der Waals surface area contributed by atoms with Crippen molar-refractivity contribution in [1.82, 2.24) is 0 Å². The minimum Gasteiger partial charge on any atom is -0.494 e. The highest BCUT2D eigenvalue weighted by molar-refractivity contribution is 5.85. The maximum Gasteiger partial charge on any atom is 0.119 e. The van der Waals surface area contributed by atoms with Crippen LogP contribution in [-0.2, 0) is 6.42 Å². The average Bonchev–Trinajstić information content (AvgIpc) is 2.57. The Hall–Kier alpha value is -0.810. The molecule has 5 heteroatoms. The molecule has 1 rings (SSSR count). The number of rotatable bonds is 12. The van der Waals surface area contributed by atoms with Crippen LogP contribution in [-0.4, -0.2) is 35.6 Å². The number of ether oxygens (including phenoxy) is 1. The smallest absolute Gasteiger partial charge is 0.119 e. The molecule has 4 N–H and O–H groups in total. The molecule has 0 atom stereocenters. The van der Waals surface area contributed by atoms with Gasteiger partial charge in [0.2, 0.25) is 0 Å². The van der Waals surface area contributed by atoms with Crippen LogP contribution in [0.4, 0.5) is 0 Å². The number of hydrogen-bond donors (Lipinski definition) is 3. The van der Waals surface area contributed by atoms with Gasteiger partial charge in [-0.3, -0.25) is 0 Å². The molecule has 134 valence electrons. The molecule has 0 aliphatic heterocycles. The number of unbranched alkanes of at least 4 members (excludes halogenated alkanes) is 4. The summed E-state index contributed by atoms with van der Waals surface area (Å²) in [7, 11) is 0. The number of aliphatic hydroxyl groups is 2. The summed E-state index contributed by atoms with van der Waals surface area (Å²) in [5.41, 5.74) is 6.10. The molecule has 0 radical (unpaired) electrons. The maximum atomic E-state index is 9.18. The molecule has 0 aromatic heterocycles. The Morgan fingerprint density at radius 1 is 1.00 bits per heavy atom. The Balaban J connectivity index is 0.00000484. The predicted molar refractivity (Wildman–Crippen MR) is 97.4 cm³/mol. The zero-order valence-corrected chi connectivity index (χ0v) is 15.0. The zero-order chi connectivity index (χ0) is 16.3. The SMILES string of the molecule is CCCCCCCOc1ccc(CCC(N)(CO)CO)cc1.Cl. The van der Waals surface area contributed by atoms with Crippen molar-refractivity contribution in [3.63, 3.8) is 0 Å². The van der Waals surface area contributed by atoms with Crippen molar-refractivity contribution in [2.45, 2.75) is 57.4 Å². The lowest BCUT2D eigenvalue weighted by molar-refractivity contribution is 0.115. The first-order valence-corrected chi connectivity index (χ1v) is 8.36. The Morgan fingerprint density at radius 3 is 2.17 bits per heavy atom. The van der Waals surface area contributed by atoms with Crippen LogP contribution in [0.5, 0.6) is 5.75 Å². The van der Waals surface area contributed by atoms with E-state index >= 15 is 0 Å². The lowest BCUT2D eigenvalue weighted by Gasteiger charge is -2.24. The molecule has 0 saturated carbocycles. The summed E-state index contributed by atoms with van der Waals surface area (Å²) in [4.78, 5) is 0. The molecule has 0 spiro atoms. The van der Waals surface area contributed by atoms with Crippen molar-refractivity contribution in [3.8, 4) is 5.75 Å². The monoisotopic (exact) mass is 345 g/mol. The number of halogens is 1. The predicted octanol–water partition coefficient (Wildman–Crippen LogP) is 3.07. The van der Waals surface area contributed by atoms with E-state index in [4.69, 9.17) is 10.5 Å². The van der Waals surface area contributed by atoms with Crippen molar-refractivity contribution >= 4 is 12.4 Å². The van der Waals surface area contributed by atoms with Gasteiger partial charge in [-0.1, -0.05) is 44.7 Å². The number of hydrogen-bond acceptors (Lipinski definition) is 4. The quantitative estimate of drug-likeness (QED) is 0.509. The summed E-state index contributed by atoms with van der Waals surface area (Å²) < 4.78 is 5.72. The second kappa shape index (κ2) is 12.6. The van der Waals surface area contributed by atoms with Gasteiger partial charge in [0, 0.05) is 0 Å². The summed E-state index contributed by atoms with van der Waals surface area (Å²) in [6.45, 7) is 2.57. The van der Waals surface area contributed by atoms with Crippen molar-refractivity contribution in [3.05, 3.63) is 29.8 Å². The van der Waals surface area contributed by atoms with Gasteiger partial charge in [-0.15, -0.1) is 12.4 Å². The average molecular weight is 346 g/mol. The fourth-order valence-electron chi connectivity index (χ4n) is 2.25. The normalized spacial score (nSPS) is 11.1. The van der Waals surface area contributed by atoms with Gasteiger partial charge in [-0.2, -0.15) is 0 Å². The number of nitrogens with two attached hydrogens (primary N) is 1. The Kier molecular flexibility index (Phi) is 12.1. The van der Waals surface area contributed by atoms with E-state index in [0.29, 0.717) is 6.42 Å². The highest BCUT2D eigenvalue weighted by atomic mass is 35.5. The van der Waals surface area contributed by atoms with Crippen LogP contribution in [0.3, 0.4) is 0 Å². The summed E-state index contributed by atoms with van der Waals surface area (Å²) in [5.74, 6) is 0.891. The van der Waals surface area contributed by atoms with E-state index in [9.17, 15) is 10.2 Å². The topological polar surface area (TPSA) is 75.7 Å². The molecule has 1 aromatic carbocycles. The van der Waals surface area contributed by atoms with Gasteiger partial charge in [-0.05, 0) is 37.0 Å². The number of benzene rings is 1. The second-order valence-corrected chi connectivity index (χ2v) is 6.09. The highest BCUT2D eigenvalue weighted by Crippen LogP contribution is 2.16. The molecule has 0 bridgehead atoms. The minimum atomic E-state index is -0.895. The lowest BCUT2D eigenvalue weighted by Crippen LogP contribution is -2.47. The minimum absolute atomic E-state index is 0. The summed E-state index contributed by atoms with van der Waals surface area (Å²) >= 11 is 0. The van der Waals surface area contributed by atoms with E-state index in [2.05, 4.69) is 6.92 Å². The van der Waals surface area contributed by atoms with Gasteiger partial charge < -0.3 is 20.7 Å². The third-order valence-electron chi connectivity index (χ3n) is 3.98. The van der Waals surface area contributed by atoms with Gasteiger partial charge >= 0.3 is 0 Å². The van der Waals surface area contributed by atoms with E-state index in [0.717, 1.165) is 30.8 Å². The molecule has 0 saturated heterocycles. The first-order chi connectivity index (χ1) is 10.6. The van der Waals surface area contributed by atoms with Crippen LogP contribution < -0.4 is 10.5 Å². The molecule has 1 aromatic rings. The van der Waals surface area contributed by atoms with Gasteiger partial charge in [0.25, 0.3) is 0 Å². The summed E-state index contributed by atoms with van der Waals surface area (Å²) in [6, 6.07) is 7.97. The van der Waals surface area contributed by atoms with Gasteiger partial charge in [0.1, 0.15) is 5.75 Å². The summed E-state index contributed by atoms with van der Waals surface area (Å²) in [6.07, 6.45) is 7.47. The van der Waals surface area contributed by atoms with Gasteiger partial charge in [0.15, 0.2) is 0 Å². The Bertz CT molecular complexity index is 394. The Labute approximate surface area is 146 Å². The Morgan fingerprint density at radius 2 is 1.61 bits per heavy atom. The van der Waals surface area contributed by atoms with Crippen molar-refractivity contribution in [2.24, 2.45) is 5.73 Å². The molecule has 0 fully saturated rings. The van der Waals surface area contributed by atoms with Crippen LogP contribution in [0.1, 0.15) is 51.0 Å². The van der Waals surface area contributed by atoms with Crippen LogP contribution in [0.2, 0.25) is 0 Å².